The number of amides is 1. The normalized spacial score (nSPS) is 10.4. The summed E-state index contributed by atoms with van der Waals surface area (Å²) in [7, 11) is 5.00. The number of halogens is 1. The number of ether oxygens (including phenoxy) is 2. The average Bonchev–Trinajstić information content (AvgIpc) is 2.55. The minimum absolute atomic E-state index is 0.0593. The van der Waals surface area contributed by atoms with E-state index in [4.69, 9.17) is 21.1 Å². The molecule has 0 saturated heterocycles. The van der Waals surface area contributed by atoms with Gasteiger partial charge in [-0.25, -0.2) is 0 Å². The minimum atomic E-state index is -0.0593. The highest BCUT2D eigenvalue weighted by atomic mass is 35.5. The smallest absolute Gasteiger partial charge is 0.253 e. The van der Waals surface area contributed by atoms with Crippen molar-refractivity contribution in [3.8, 4) is 5.75 Å². The van der Waals surface area contributed by atoms with E-state index in [1.54, 1.807) is 38.3 Å². The molecule has 23 heavy (non-hydrogen) atoms. The van der Waals surface area contributed by atoms with Crippen molar-refractivity contribution in [3.05, 3.63) is 64.2 Å². The maximum atomic E-state index is 12.5. The Kier molecular flexibility index (Phi) is 6.02. The lowest BCUT2D eigenvalue weighted by Crippen LogP contribution is -2.26. The predicted octanol–water partition coefficient (Wildman–Crippen LogP) is 3.77. The molecule has 0 radical (unpaired) electrons. The molecule has 0 aliphatic rings. The van der Waals surface area contributed by atoms with Gasteiger partial charge in [0.05, 0.1) is 13.7 Å². The topological polar surface area (TPSA) is 38.8 Å². The summed E-state index contributed by atoms with van der Waals surface area (Å²) in [6, 6.07) is 12.8. The Morgan fingerprint density at radius 3 is 2.43 bits per heavy atom. The van der Waals surface area contributed by atoms with E-state index < -0.39 is 0 Å². The zero-order chi connectivity index (χ0) is 16.8. The van der Waals surface area contributed by atoms with Gasteiger partial charge in [0, 0.05) is 36.9 Å². The Balaban J connectivity index is 2.12. The SMILES string of the molecule is COCc1ccc(C(=O)N(C)Cc2cc(Cl)ccc2OC)cc1. The molecule has 5 heteroatoms. The molecule has 0 unspecified atom stereocenters. The van der Waals surface area contributed by atoms with E-state index in [0.29, 0.717) is 29.5 Å². The predicted molar refractivity (Wildman–Crippen MR) is 91.0 cm³/mol. The number of methoxy groups -OCH3 is 2. The van der Waals surface area contributed by atoms with Gasteiger partial charge in [-0.2, -0.15) is 0 Å². The van der Waals surface area contributed by atoms with Crippen molar-refractivity contribution in [1.82, 2.24) is 4.90 Å². The van der Waals surface area contributed by atoms with Crippen LogP contribution in [0.25, 0.3) is 0 Å². The van der Waals surface area contributed by atoms with Crippen LogP contribution in [0.4, 0.5) is 0 Å². The summed E-state index contributed by atoms with van der Waals surface area (Å²) < 4.78 is 10.4. The van der Waals surface area contributed by atoms with Crippen LogP contribution in [0.2, 0.25) is 5.02 Å². The summed E-state index contributed by atoms with van der Waals surface area (Å²) >= 11 is 6.03. The van der Waals surface area contributed by atoms with Crippen molar-refractivity contribution in [2.45, 2.75) is 13.2 Å². The molecule has 0 spiro atoms. The summed E-state index contributed by atoms with van der Waals surface area (Å²) in [6.45, 7) is 0.951. The number of rotatable bonds is 6. The fraction of sp³-hybridized carbons (Fsp3) is 0.278. The van der Waals surface area contributed by atoms with Crippen LogP contribution in [0.15, 0.2) is 42.5 Å². The highest BCUT2D eigenvalue weighted by Crippen LogP contribution is 2.24. The summed E-state index contributed by atoms with van der Waals surface area (Å²) in [5, 5.41) is 0.616. The zero-order valence-electron chi connectivity index (χ0n) is 13.5. The first-order valence-corrected chi connectivity index (χ1v) is 7.58. The first-order valence-electron chi connectivity index (χ1n) is 7.21. The van der Waals surface area contributed by atoms with Gasteiger partial charge in [-0.3, -0.25) is 4.79 Å². The summed E-state index contributed by atoms with van der Waals surface area (Å²) in [5.74, 6) is 0.653. The quantitative estimate of drug-likeness (QED) is 0.807. The van der Waals surface area contributed by atoms with Gasteiger partial charge in [0.25, 0.3) is 5.91 Å². The molecule has 0 aliphatic carbocycles. The van der Waals surface area contributed by atoms with Crippen LogP contribution in [0, 0.1) is 0 Å². The van der Waals surface area contributed by atoms with Gasteiger partial charge in [0.15, 0.2) is 0 Å². The Hall–Kier alpha value is -2.04. The number of carbonyl (C=O) groups is 1. The number of hydrogen-bond donors (Lipinski definition) is 0. The van der Waals surface area contributed by atoms with E-state index in [9.17, 15) is 4.79 Å². The molecule has 1 amide bonds. The fourth-order valence-electron chi connectivity index (χ4n) is 2.33. The lowest BCUT2D eigenvalue weighted by Gasteiger charge is -2.19. The molecule has 0 aliphatic heterocycles. The summed E-state index contributed by atoms with van der Waals surface area (Å²) in [4.78, 5) is 14.2. The molecule has 0 atom stereocenters. The van der Waals surface area contributed by atoms with Crippen LogP contribution in [-0.2, 0) is 17.9 Å². The lowest BCUT2D eigenvalue weighted by molar-refractivity contribution is 0.0784. The average molecular weight is 334 g/mol. The fourth-order valence-corrected chi connectivity index (χ4v) is 2.52. The van der Waals surface area contributed by atoms with Crippen LogP contribution in [0.1, 0.15) is 21.5 Å². The highest BCUT2D eigenvalue weighted by Gasteiger charge is 2.14. The molecular formula is C18H20ClNO3. The van der Waals surface area contributed by atoms with Crippen molar-refractivity contribution in [2.75, 3.05) is 21.3 Å². The molecule has 0 aromatic heterocycles. The third kappa shape index (κ3) is 4.47. The van der Waals surface area contributed by atoms with Gasteiger partial charge in [-0.15, -0.1) is 0 Å². The van der Waals surface area contributed by atoms with Crippen LogP contribution < -0.4 is 4.74 Å². The summed E-state index contributed by atoms with van der Waals surface area (Å²) in [5.41, 5.74) is 2.53. The van der Waals surface area contributed by atoms with Gasteiger partial charge < -0.3 is 14.4 Å². The standard InChI is InChI=1S/C18H20ClNO3/c1-20(11-15-10-16(19)8-9-17(15)23-3)18(21)14-6-4-13(5-7-14)12-22-2/h4-10H,11-12H2,1-3H3. The molecule has 122 valence electrons. The Morgan fingerprint density at radius 1 is 1.13 bits per heavy atom. The van der Waals surface area contributed by atoms with E-state index in [0.717, 1.165) is 11.1 Å². The van der Waals surface area contributed by atoms with Crippen LogP contribution in [0.5, 0.6) is 5.75 Å². The molecule has 0 bridgehead atoms. The lowest BCUT2D eigenvalue weighted by atomic mass is 10.1. The van der Waals surface area contributed by atoms with E-state index in [2.05, 4.69) is 0 Å². The van der Waals surface area contributed by atoms with E-state index in [1.807, 2.05) is 30.3 Å². The van der Waals surface area contributed by atoms with E-state index in [1.165, 1.54) is 0 Å². The number of carbonyl (C=O) groups excluding carboxylic acids is 1. The monoisotopic (exact) mass is 333 g/mol. The largest absolute Gasteiger partial charge is 0.496 e. The molecule has 0 N–H and O–H groups in total. The zero-order valence-corrected chi connectivity index (χ0v) is 14.3. The molecule has 2 aromatic carbocycles. The first kappa shape index (κ1) is 17.3. The van der Waals surface area contributed by atoms with Crippen LogP contribution in [-0.4, -0.2) is 32.1 Å². The van der Waals surface area contributed by atoms with Gasteiger partial charge >= 0.3 is 0 Å². The second-order valence-electron chi connectivity index (χ2n) is 5.25. The highest BCUT2D eigenvalue weighted by molar-refractivity contribution is 6.30. The third-order valence-corrected chi connectivity index (χ3v) is 3.74. The molecule has 2 rings (SSSR count). The maximum Gasteiger partial charge on any atom is 0.253 e. The van der Waals surface area contributed by atoms with Crippen molar-refractivity contribution >= 4 is 17.5 Å². The molecular weight excluding hydrogens is 314 g/mol. The van der Waals surface area contributed by atoms with E-state index in [-0.39, 0.29) is 5.91 Å². The van der Waals surface area contributed by atoms with Gasteiger partial charge in [0.1, 0.15) is 5.75 Å². The van der Waals surface area contributed by atoms with E-state index >= 15 is 0 Å². The Bertz CT molecular complexity index is 670. The molecule has 0 heterocycles. The third-order valence-electron chi connectivity index (χ3n) is 3.51. The van der Waals surface area contributed by atoms with Gasteiger partial charge in [0.2, 0.25) is 0 Å². The van der Waals surface area contributed by atoms with Gasteiger partial charge in [-0.05, 0) is 35.9 Å². The Labute approximate surface area is 141 Å². The van der Waals surface area contributed by atoms with Crippen LogP contribution >= 0.6 is 11.6 Å². The number of nitrogens with zero attached hydrogens (tertiary/aromatic N) is 1. The second-order valence-corrected chi connectivity index (χ2v) is 5.68. The number of benzene rings is 2. The van der Waals surface area contributed by atoms with Crippen molar-refractivity contribution in [1.29, 1.82) is 0 Å². The summed E-state index contributed by atoms with van der Waals surface area (Å²) in [6.07, 6.45) is 0. The Morgan fingerprint density at radius 2 is 1.83 bits per heavy atom. The minimum Gasteiger partial charge on any atom is -0.496 e. The molecule has 2 aromatic rings. The molecule has 4 nitrogen and oxygen atoms in total. The van der Waals surface area contributed by atoms with Crippen molar-refractivity contribution in [2.24, 2.45) is 0 Å². The van der Waals surface area contributed by atoms with Crippen molar-refractivity contribution < 1.29 is 14.3 Å². The maximum absolute atomic E-state index is 12.5. The van der Waals surface area contributed by atoms with Crippen LogP contribution in [0.3, 0.4) is 0 Å². The second kappa shape index (κ2) is 7.99. The van der Waals surface area contributed by atoms with Gasteiger partial charge in [-0.1, -0.05) is 23.7 Å². The first-order chi connectivity index (χ1) is 11.0. The number of hydrogen-bond acceptors (Lipinski definition) is 3. The van der Waals surface area contributed by atoms with Crippen molar-refractivity contribution in [3.63, 3.8) is 0 Å². The molecule has 0 fully saturated rings. The molecule has 0 saturated carbocycles.